The lowest BCUT2D eigenvalue weighted by Gasteiger charge is -2.07. The lowest BCUT2D eigenvalue weighted by molar-refractivity contribution is 0.0994. The van der Waals surface area contributed by atoms with Crippen LogP contribution in [0.1, 0.15) is 34.1 Å². The van der Waals surface area contributed by atoms with Gasteiger partial charge in [-0.15, -0.1) is 0 Å². The first-order chi connectivity index (χ1) is 8.74. The summed E-state index contributed by atoms with van der Waals surface area (Å²) in [5, 5.41) is 3.69. The maximum absolute atomic E-state index is 11.6. The van der Waals surface area contributed by atoms with E-state index >= 15 is 0 Å². The molecule has 0 fully saturated rings. The second kappa shape index (κ2) is 4.25. The van der Waals surface area contributed by atoms with Gasteiger partial charge in [-0.05, 0) is 19.4 Å². The molecular weight excluding hydrogens is 232 g/mol. The number of fused-ring (bicyclic) bond motifs is 1. The highest BCUT2D eigenvalue weighted by molar-refractivity contribution is 6.01. The first-order valence-electron chi connectivity index (χ1n) is 5.81. The van der Waals surface area contributed by atoms with Crippen molar-refractivity contribution >= 4 is 5.78 Å². The lowest BCUT2D eigenvalue weighted by Crippen LogP contribution is -1.99. The van der Waals surface area contributed by atoms with Gasteiger partial charge in [-0.3, -0.25) is 4.79 Å². The highest BCUT2D eigenvalue weighted by Crippen LogP contribution is 2.30. The Bertz CT molecular complexity index is 604. The van der Waals surface area contributed by atoms with Crippen LogP contribution < -0.4 is 4.74 Å². The Labute approximate surface area is 104 Å². The van der Waals surface area contributed by atoms with Gasteiger partial charge in [0.15, 0.2) is 18.2 Å². The molecule has 0 atom stereocenters. The van der Waals surface area contributed by atoms with Crippen LogP contribution >= 0.6 is 0 Å². The van der Waals surface area contributed by atoms with E-state index in [2.05, 4.69) is 10.1 Å². The fourth-order valence-electron chi connectivity index (χ4n) is 2.13. The van der Waals surface area contributed by atoms with Crippen molar-refractivity contribution in [3.05, 3.63) is 41.0 Å². The van der Waals surface area contributed by atoms with E-state index in [9.17, 15) is 4.79 Å². The Morgan fingerprint density at radius 2 is 2.28 bits per heavy atom. The fraction of sp³-hybridized carbons (Fsp3) is 0.308. The summed E-state index contributed by atoms with van der Waals surface area (Å²) in [5.41, 5.74) is 1.76. The summed E-state index contributed by atoms with van der Waals surface area (Å²) in [4.78, 5) is 15.7. The third-order valence-corrected chi connectivity index (χ3v) is 2.96. The highest BCUT2D eigenvalue weighted by atomic mass is 16.5. The van der Waals surface area contributed by atoms with Gasteiger partial charge in [0, 0.05) is 17.5 Å². The van der Waals surface area contributed by atoms with Crippen molar-refractivity contribution in [3.8, 4) is 5.75 Å². The minimum Gasteiger partial charge on any atom is -0.483 e. The van der Waals surface area contributed by atoms with Gasteiger partial charge in [-0.25, -0.2) is 0 Å². The van der Waals surface area contributed by atoms with Gasteiger partial charge in [-0.2, -0.15) is 4.98 Å². The molecule has 1 aliphatic rings. The van der Waals surface area contributed by atoms with E-state index in [0.717, 1.165) is 23.3 Å². The molecule has 0 radical (unpaired) electrons. The molecule has 18 heavy (non-hydrogen) atoms. The van der Waals surface area contributed by atoms with Crippen LogP contribution in [-0.4, -0.2) is 15.9 Å². The average Bonchev–Trinajstić information content (AvgIpc) is 2.94. The zero-order valence-corrected chi connectivity index (χ0v) is 9.97. The van der Waals surface area contributed by atoms with Crippen molar-refractivity contribution in [2.75, 3.05) is 0 Å². The first kappa shape index (κ1) is 11.0. The quantitative estimate of drug-likeness (QED) is 0.827. The monoisotopic (exact) mass is 244 g/mol. The smallest absolute Gasteiger partial charge is 0.264 e. The molecule has 1 aromatic heterocycles. The maximum Gasteiger partial charge on any atom is 0.264 e. The third kappa shape index (κ3) is 1.88. The number of aryl methyl sites for hydroxylation is 1. The van der Waals surface area contributed by atoms with Crippen LogP contribution in [0.2, 0.25) is 0 Å². The molecule has 0 amide bonds. The average molecular weight is 244 g/mol. The van der Waals surface area contributed by atoms with Crippen molar-refractivity contribution in [1.29, 1.82) is 0 Å². The third-order valence-electron chi connectivity index (χ3n) is 2.96. The molecule has 0 bridgehead atoms. The highest BCUT2D eigenvalue weighted by Gasteiger charge is 2.22. The van der Waals surface area contributed by atoms with Crippen LogP contribution in [0.5, 0.6) is 5.75 Å². The van der Waals surface area contributed by atoms with Gasteiger partial charge < -0.3 is 9.26 Å². The molecule has 0 saturated carbocycles. The van der Waals surface area contributed by atoms with Gasteiger partial charge in [0.25, 0.3) is 5.89 Å². The van der Waals surface area contributed by atoms with Gasteiger partial charge in [0.1, 0.15) is 5.75 Å². The molecule has 0 aliphatic heterocycles. The molecule has 5 nitrogen and oxygen atoms in total. The second-order valence-corrected chi connectivity index (χ2v) is 4.23. The fourth-order valence-corrected chi connectivity index (χ4v) is 2.13. The molecule has 0 saturated heterocycles. The Kier molecular flexibility index (Phi) is 2.59. The van der Waals surface area contributed by atoms with E-state index in [1.165, 1.54) is 0 Å². The molecule has 3 rings (SSSR count). The van der Waals surface area contributed by atoms with E-state index in [1.807, 2.05) is 18.2 Å². The summed E-state index contributed by atoms with van der Waals surface area (Å²) in [6.45, 7) is 1.98. The van der Waals surface area contributed by atoms with Crippen LogP contribution in [0.15, 0.2) is 22.7 Å². The number of benzene rings is 1. The normalized spacial score (nSPS) is 13.7. The molecule has 0 N–H and O–H groups in total. The van der Waals surface area contributed by atoms with Gasteiger partial charge in [0.2, 0.25) is 0 Å². The number of Topliss-reactive ketones (excluding diaryl/α,β-unsaturated/α-hetero) is 1. The predicted molar refractivity (Wildman–Crippen MR) is 62.5 cm³/mol. The van der Waals surface area contributed by atoms with E-state index in [-0.39, 0.29) is 12.4 Å². The summed E-state index contributed by atoms with van der Waals surface area (Å²) < 4.78 is 10.6. The van der Waals surface area contributed by atoms with Crippen LogP contribution in [0.4, 0.5) is 0 Å². The SMILES string of the molecule is Cc1noc(COc2cccc3c2CCC3=O)n1. The number of carbonyl (C=O) groups is 1. The predicted octanol–water partition coefficient (Wildman–Crippen LogP) is 2.09. The molecule has 92 valence electrons. The maximum atomic E-state index is 11.6. The first-order valence-corrected chi connectivity index (χ1v) is 5.81. The summed E-state index contributed by atoms with van der Waals surface area (Å²) in [7, 11) is 0. The number of hydrogen-bond donors (Lipinski definition) is 0. The van der Waals surface area contributed by atoms with E-state index in [0.29, 0.717) is 18.1 Å². The van der Waals surface area contributed by atoms with Crippen molar-refractivity contribution in [3.63, 3.8) is 0 Å². The number of aromatic nitrogens is 2. The molecule has 5 heteroatoms. The largest absolute Gasteiger partial charge is 0.483 e. The Balaban J connectivity index is 1.80. The van der Waals surface area contributed by atoms with Crippen LogP contribution in [0, 0.1) is 6.92 Å². The minimum absolute atomic E-state index is 0.184. The van der Waals surface area contributed by atoms with Gasteiger partial charge in [-0.1, -0.05) is 17.3 Å². The molecule has 0 unspecified atom stereocenters. The van der Waals surface area contributed by atoms with Crippen LogP contribution in [0.25, 0.3) is 0 Å². The van der Waals surface area contributed by atoms with Crippen molar-refractivity contribution in [1.82, 2.24) is 10.1 Å². The zero-order valence-electron chi connectivity index (χ0n) is 9.97. The van der Waals surface area contributed by atoms with Gasteiger partial charge >= 0.3 is 0 Å². The molecule has 1 aromatic carbocycles. The van der Waals surface area contributed by atoms with Crippen molar-refractivity contribution in [2.45, 2.75) is 26.4 Å². The summed E-state index contributed by atoms with van der Waals surface area (Å²) in [6, 6.07) is 5.53. The molecule has 0 spiro atoms. The summed E-state index contributed by atoms with van der Waals surface area (Å²) >= 11 is 0. The number of ketones is 1. The van der Waals surface area contributed by atoms with E-state index in [4.69, 9.17) is 9.26 Å². The molecule has 2 aromatic rings. The number of ether oxygens (including phenoxy) is 1. The number of hydrogen-bond acceptors (Lipinski definition) is 5. The topological polar surface area (TPSA) is 65.2 Å². The van der Waals surface area contributed by atoms with Crippen molar-refractivity contribution in [2.24, 2.45) is 0 Å². The lowest BCUT2D eigenvalue weighted by atomic mass is 10.1. The van der Waals surface area contributed by atoms with Crippen molar-refractivity contribution < 1.29 is 14.1 Å². The van der Waals surface area contributed by atoms with Gasteiger partial charge in [0.05, 0.1) is 0 Å². The van der Waals surface area contributed by atoms with Crippen LogP contribution in [0.3, 0.4) is 0 Å². The summed E-state index contributed by atoms with van der Waals surface area (Å²) in [6.07, 6.45) is 1.31. The molecular formula is C13H12N2O3. The molecule has 1 aliphatic carbocycles. The van der Waals surface area contributed by atoms with E-state index < -0.39 is 0 Å². The van der Waals surface area contributed by atoms with Crippen LogP contribution in [-0.2, 0) is 13.0 Å². The minimum atomic E-state index is 0.184. The zero-order chi connectivity index (χ0) is 12.5. The van der Waals surface area contributed by atoms with E-state index in [1.54, 1.807) is 6.92 Å². The number of carbonyl (C=O) groups excluding carboxylic acids is 1. The Morgan fingerprint density at radius 1 is 1.39 bits per heavy atom. The molecule has 1 heterocycles. The standard InChI is InChI=1S/C13H12N2O3/c1-8-14-13(18-15-8)7-17-12-4-2-3-9-10(12)5-6-11(9)16/h2-4H,5-7H2,1H3. The Morgan fingerprint density at radius 3 is 3.06 bits per heavy atom. The summed E-state index contributed by atoms with van der Waals surface area (Å²) in [5.74, 6) is 1.94. The number of rotatable bonds is 3. The second-order valence-electron chi connectivity index (χ2n) is 4.23. The Hall–Kier alpha value is -2.17. The number of nitrogens with zero attached hydrogens (tertiary/aromatic N) is 2.